The molecule has 4 aromatic rings. The fourth-order valence-corrected chi connectivity index (χ4v) is 3.85. The molecule has 0 spiro atoms. The molecule has 0 fully saturated rings. The summed E-state index contributed by atoms with van der Waals surface area (Å²) in [6, 6.07) is 10.3. The predicted molar refractivity (Wildman–Crippen MR) is 101 cm³/mol. The van der Waals surface area contributed by atoms with Crippen LogP contribution in [0, 0.1) is 5.41 Å². The first-order valence-electron chi connectivity index (χ1n) is 9.00. The van der Waals surface area contributed by atoms with Gasteiger partial charge in [0, 0.05) is 30.5 Å². The van der Waals surface area contributed by atoms with E-state index in [0.29, 0.717) is 5.65 Å². The zero-order valence-corrected chi connectivity index (χ0v) is 15.3. The molecule has 0 saturated heterocycles. The van der Waals surface area contributed by atoms with Crippen molar-refractivity contribution in [3.05, 3.63) is 60.2 Å². The molecular formula is C19H20N8. The maximum Gasteiger partial charge on any atom is 0.221 e. The summed E-state index contributed by atoms with van der Waals surface area (Å²) in [6.45, 7) is 6.14. The fraction of sp³-hybridized carbons (Fsp3) is 0.316. The zero-order chi connectivity index (χ0) is 18.4. The molecule has 0 aliphatic carbocycles. The second-order valence-corrected chi connectivity index (χ2v) is 7.76. The van der Waals surface area contributed by atoms with Crippen LogP contribution in [0.4, 0.5) is 5.82 Å². The average Bonchev–Trinajstić information content (AvgIpc) is 3.26. The van der Waals surface area contributed by atoms with Crippen LogP contribution in [0.15, 0.2) is 48.9 Å². The summed E-state index contributed by atoms with van der Waals surface area (Å²) in [5.41, 5.74) is 4.26. The van der Waals surface area contributed by atoms with Gasteiger partial charge in [0.2, 0.25) is 5.65 Å². The molecule has 5 rings (SSSR count). The summed E-state index contributed by atoms with van der Waals surface area (Å²) < 4.78 is 3.72. The van der Waals surface area contributed by atoms with Crippen LogP contribution < -0.4 is 4.90 Å². The Kier molecular flexibility index (Phi) is 3.46. The summed E-state index contributed by atoms with van der Waals surface area (Å²) in [5, 5.41) is 16.6. The molecule has 0 N–H and O–H groups in total. The van der Waals surface area contributed by atoms with Crippen molar-refractivity contribution >= 4 is 11.5 Å². The van der Waals surface area contributed by atoms with Crippen molar-refractivity contribution in [1.29, 1.82) is 0 Å². The highest BCUT2D eigenvalue weighted by Crippen LogP contribution is 2.33. The number of fused-ring (bicyclic) bond motifs is 2. The van der Waals surface area contributed by atoms with Gasteiger partial charge in [0.25, 0.3) is 0 Å². The lowest BCUT2D eigenvalue weighted by molar-refractivity contribution is 0.364. The van der Waals surface area contributed by atoms with E-state index < -0.39 is 0 Å². The van der Waals surface area contributed by atoms with Crippen molar-refractivity contribution in [3.63, 3.8) is 0 Å². The zero-order valence-electron chi connectivity index (χ0n) is 15.3. The van der Waals surface area contributed by atoms with E-state index in [1.807, 2.05) is 24.4 Å². The number of tetrazole rings is 1. The number of rotatable bonds is 2. The molecule has 8 heteroatoms. The summed E-state index contributed by atoms with van der Waals surface area (Å²) in [6.07, 6.45) is 6.41. The number of benzene rings is 1. The van der Waals surface area contributed by atoms with Crippen LogP contribution in [0.3, 0.4) is 0 Å². The Bertz CT molecular complexity index is 1100. The van der Waals surface area contributed by atoms with Crippen LogP contribution in [-0.4, -0.2) is 41.4 Å². The minimum atomic E-state index is 0.0414. The van der Waals surface area contributed by atoms with E-state index in [0.717, 1.165) is 31.0 Å². The molecule has 136 valence electrons. The van der Waals surface area contributed by atoms with Gasteiger partial charge in [-0.1, -0.05) is 32.0 Å². The highest BCUT2D eigenvalue weighted by atomic mass is 15.5. The minimum Gasteiger partial charge on any atom is -0.348 e. The Labute approximate surface area is 156 Å². The van der Waals surface area contributed by atoms with Crippen molar-refractivity contribution < 1.29 is 0 Å². The van der Waals surface area contributed by atoms with Gasteiger partial charge >= 0.3 is 0 Å². The standard InChI is InChI=1S/C19H20N8/c1-19(2)10-16-14(11-21-27(16)15-6-4-3-5-7-15)12-25(13-19)17-18-22-23-24-26(18)9-8-20-17/h3-9,11H,10,12-13H2,1-2H3. The number of hydrogen-bond donors (Lipinski definition) is 0. The van der Waals surface area contributed by atoms with Crippen LogP contribution in [-0.2, 0) is 13.0 Å². The van der Waals surface area contributed by atoms with Crippen LogP contribution >= 0.6 is 0 Å². The molecule has 0 radical (unpaired) electrons. The van der Waals surface area contributed by atoms with E-state index in [2.05, 4.69) is 61.2 Å². The highest BCUT2D eigenvalue weighted by molar-refractivity contribution is 5.63. The smallest absolute Gasteiger partial charge is 0.221 e. The third-order valence-electron chi connectivity index (χ3n) is 4.98. The van der Waals surface area contributed by atoms with Crippen molar-refractivity contribution in [3.8, 4) is 5.69 Å². The molecule has 0 bridgehead atoms. The summed E-state index contributed by atoms with van der Waals surface area (Å²) >= 11 is 0. The monoisotopic (exact) mass is 360 g/mol. The normalized spacial score (nSPS) is 16.3. The van der Waals surface area contributed by atoms with Crippen molar-refractivity contribution in [2.75, 3.05) is 11.4 Å². The Morgan fingerprint density at radius 1 is 1.11 bits per heavy atom. The number of nitrogens with zero attached hydrogens (tertiary/aromatic N) is 8. The third kappa shape index (κ3) is 2.73. The lowest BCUT2D eigenvalue weighted by atomic mass is 9.87. The maximum atomic E-state index is 4.68. The topological polar surface area (TPSA) is 77.0 Å². The molecule has 3 aromatic heterocycles. The largest absolute Gasteiger partial charge is 0.348 e. The third-order valence-corrected chi connectivity index (χ3v) is 4.98. The fourth-order valence-electron chi connectivity index (χ4n) is 3.85. The molecule has 0 unspecified atom stereocenters. The molecule has 1 aromatic carbocycles. The van der Waals surface area contributed by atoms with Gasteiger partial charge in [0.15, 0.2) is 5.82 Å². The molecule has 0 amide bonds. The van der Waals surface area contributed by atoms with E-state index >= 15 is 0 Å². The van der Waals surface area contributed by atoms with E-state index in [1.165, 1.54) is 11.3 Å². The van der Waals surface area contributed by atoms with E-state index in [1.54, 1.807) is 16.9 Å². The maximum absolute atomic E-state index is 4.68. The summed E-state index contributed by atoms with van der Waals surface area (Å²) in [5.74, 6) is 0.802. The van der Waals surface area contributed by atoms with E-state index in [9.17, 15) is 0 Å². The van der Waals surface area contributed by atoms with Gasteiger partial charge in [-0.05, 0) is 34.4 Å². The molecular weight excluding hydrogens is 340 g/mol. The highest BCUT2D eigenvalue weighted by Gasteiger charge is 2.32. The lowest BCUT2D eigenvalue weighted by Gasteiger charge is -2.30. The first-order valence-corrected chi connectivity index (χ1v) is 9.00. The summed E-state index contributed by atoms with van der Waals surface area (Å²) in [4.78, 5) is 6.84. The van der Waals surface area contributed by atoms with Gasteiger partial charge < -0.3 is 4.90 Å². The van der Waals surface area contributed by atoms with Crippen LogP contribution in [0.1, 0.15) is 25.1 Å². The first kappa shape index (κ1) is 15.9. The molecule has 0 saturated carbocycles. The second-order valence-electron chi connectivity index (χ2n) is 7.76. The van der Waals surface area contributed by atoms with Crippen LogP contribution in [0.2, 0.25) is 0 Å². The van der Waals surface area contributed by atoms with Crippen molar-refractivity contribution in [2.24, 2.45) is 5.41 Å². The SMILES string of the molecule is CC1(C)Cc2c(cnn2-c2ccccc2)CN(c2nccn3nnnc23)C1. The molecule has 1 aliphatic heterocycles. The predicted octanol–water partition coefficient (Wildman–Crippen LogP) is 2.29. The Morgan fingerprint density at radius 3 is 2.81 bits per heavy atom. The number of anilines is 1. The summed E-state index contributed by atoms with van der Waals surface area (Å²) in [7, 11) is 0. The van der Waals surface area contributed by atoms with E-state index in [-0.39, 0.29) is 5.41 Å². The Balaban J connectivity index is 1.61. The molecule has 8 nitrogen and oxygen atoms in total. The minimum absolute atomic E-state index is 0.0414. The Hall–Kier alpha value is -3.29. The van der Waals surface area contributed by atoms with E-state index in [4.69, 9.17) is 0 Å². The van der Waals surface area contributed by atoms with Gasteiger partial charge in [0.1, 0.15) is 0 Å². The van der Waals surface area contributed by atoms with Crippen LogP contribution in [0.25, 0.3) is 11.3 Å². The average molecular weight is 360 g/mol. The molecule has 27 heavy (non-hydrogen) atoms. The number of hydrogen-bond acceptors (Lipinski definition) is 6. The van der Waals surface area contributed by atoms with Gasteiger partial charge in [-0.25, -0.2) is 9.67 Å². The number of aromatic nitrogens is 7. The lowest BCUT2D eigenvalue weighted by Crippen LogP contribution is -2.34. The van der Waals surface area contributed by atoms with Gasteiger partial charge in [-0.2, -0.15) is 9.61 Å². The Morgan fingerprint density at radius 2 is 1.96 bits per heavy atom. The van der Waals surface area contributed by atoms with Gasteiger partial charge in [-0.15, -0.1) is 5.10 Å². The van der Waals surface area contributed by atoms with Crippen LogP contribution in [0.5, 0.6) is 0 Å². The first-order chi connectivity index (χ1) is 13.1. The molecule has 1 aliphatic rings. The van der Waals surface area contributed by atoms with Crippen molar-refractivity contribution in [2.45, 2.75) is 26.8 Å². The van der Waals surface area contributed by atoms with Gasteiger partial charge in [0.05, 0.1) is 18.1 Å². The molecule has 0 atom stereocenters. The van der Waals surface area contributed by atoms with Gasteiger partial charge in [-0.3, -0.25) is 0 Å². The number of para-hydroxylation sites is 1. The van der Waals surface area contributed by atoms with Crippen molar-refractivity contribution in [1.82, 2.24) is 34.8 Å². The quantitative estimate of drug-likeness (QED) is 0.546. The second kappa shape index (κ2) is 5.87. The molecule has 4 heterocycles.